The fourth-order valence-electron chi connectivity index (χ4n) is 7.89. The summed E-state index contributed by atoms with van der Waals surface area (Å²) in [5, 5.41) is 31.2. The summed E-state index contributed by atoms with van der Waals surface area (Å²) in [5.41, 5.74) is 1.51. The summed E-state index contributed by atoms with van der Waals surface area (Å²) in [5.74, 6) is 1.90. The average molecular weight is 431 g/mol. The third kappa shape index (κ3) is 3.67. The molecule has 3 fully saturated rings. The first-order chi connectivity index (χ1) is 14.4. The van der Waals surface area contributed by atoms with E-state index in [0.29, 0.717) is 42.9 Å². The second-order valence-electron chi connectivity index (χ2n) is 12.1. The standard InChI is InChI=1S/C27H42O4/c1-16(6-11-23(29)25(2,3)31)20-9-10-21-19-8-7-17-14-18(28)15-24(30)27(17,5)22(19)12-13-26(20,21)4/h7-8,16,18,20-22,24,28,30-31H,6,9-15H2,1-5H3/t16-,18-,20-,21+,22+,24+,26-,27+/m1/s1. The molecule has 4 nitrogen and oxygen atoms in total. The Hall–Kier alpha value is -0.970. The number of Topliss-reactive ketones (excluding diaryl/α,β-unsaturated/α-hetero) is 1. The number of carbonyl (C=O) groups excluding carboxylic acids is 1. The highest BCUT2D eigenvalue weighted by atomic mass is 16.3. The number of hydrogen-bond donors (Lipinski definition) is 3. The minimum atomic E-state index is -1.24. The van der Waals surface area contributed by atoms with E-state index in [1.165, 1.54) is 24.0 Å². The van der Waals surface area contributed by atoms with E-state index in [1.54, 1.807) is 13.8 Å². The van der Waals surface area contributed by atoms with Crippen LogP contribution < -0.4 is 0 Å². The van der Waals surface area contributed by atoms with E-state index in [0.717, 1.165) is 19.3 Å². The summed E-state index contributed by atoms with van der Waals surface area (Å²) in [6.07, 6.45) is 10.7. The zero-order chi connectivity index (χ0) is 22.8. The van der Waals surface area contributed by atoms with Crippen molar-refractivity contribution in [1.82, 2.24) is 0 Å². The van der Waals surface area contributed by atoms with E-state index in [4.69, 9.17) is 0 Å². The van der Waals surface area contributed by atoms with E-state index in [9.17, 15) is 20.1 Å². The van der Waals surface area contributed by atoms with Crippen LogP contribution in [0.25, 0.3) is 0 Å². The summed E-state index contributed by atoms with van der Waals surface area (Å²) in [4.78, 5) is 12.3. The molecule has 0 aromatic heterocycles. The molecule has 4 aliphatic carbocycles. The number of hydrogen-bond acceptors (Lipinski definition) is 4. The molecular formula is C27H42O4. The van der Waals surface area contributed by atoms with Gasteiger partial charge in [-0.2, -0.15) is 0 Å². The van der Waals surface area contributed by atoms with Gasteiger partial charge in [-0.1, -0.05) is 44.1 Å². The largest absolute Gasteiger partial charge is 0.393 e. The fourth-order valence-corrected chi connectivity index (χ4v) is 7.89. The summed E-state index contributed by atoms with van der Waals surface area (Å²) in [6.45, 7) is 10.2. The maximum absolute atomic E-state index is 12.3. The van der Waals surface area contributed by atoms with E-state index >= 15 is 0 Å². The highest BCUT2D eigenvalue weighted by Crippen LogP contribution is 2.66. The molecule has 4 rings (SSSR count). The van der Waals surface area contributed by atoms with Crippen molar-refractivity contribution in [3.8, 4) is 0 Å². The Morgan fingerprint density at radius 3 is 2.55 bits per heavy atom. The number of ketones is 1. The predicted octanol–water partition coefficient (Wildman–Crippen LogP) is 4.57. The lowest BCUT2D eigenvalue weighted by Gasteiger charge is -2.56. The van der Waals surface area contributed by atoms with Crippen molar-refractivity contribution in [2.45, 2.75) is 104 Å². The first-order valence-electron chi connectivity index (χ1n) is 12.4. The van der Waals surface area contributed by atoms with Gasteiger partial charge in [0.1, 0.15) is 5.60 Å². The van der Waals surface area contributed by atoms with Gasteiger partial charge in [0.05, 0.1) is 12.2 Å². The van der Waals surface area contributed by atoms with E-state index in [-0.39, 0.29) is 16.6 Å². The van der Waals surface area contributed by atoms with Gasteiger partial charge in [-0.15, -0.1) is 0 Å². The highest BCUT2D eigenvalue weighted by molar-refractivity contribution is 5.86. The first kappa shape index (κ1) is 23.2. The van der Waals surface area contributed by atoms with Gasteiger partial charge in [-0.3, -0.25) is 4.79 Å². The molecule has 8 atom stereocenters. The van der Waals surface area contributed by atoms with Crippen molar-refractivity contribution in [1.29, 1.82) is 0 Å². The Morgan fingerprint density at radius 2 is 1.87 bits per heavy atom. The lowest BCUT2D eigenvalue weighted by atomic mass is 9.49. The van der Waals surface area contributed by atoms with Gasteiger partial charge in [-0.25, -0.2) is 0 Å². The normalized spacial score (nSPS) is 43.3. The smallest absolute Gasteiger partial charge is 0.163 e. The van der Waals surface area contributed by atoms with Gasteiger partial charge in [0.25, 0.3) is 0 Å². The molecule has 0 bridgehead atoms. The summed E-state index contributed by atoms with van der Waals surface area (Å²) >= 11 is 0. The zero-order valence-electron chi connectivity index (χ0n) is 20.0. The van der Waals surface area contributed by atoms with Gasteiger partial charge < -0.3 is 15.3 Å². The number of allylic oxidation sites excluding steroid dienone is 3. The molecule has 174 valence electrons. The second-order valence-corrected chi connectivity index (χ2v) is 12.1. The van der Waals surface area contributed by atoms with Gasteiger partial charge in [0, 0.05) is 18.3 Å². The van der Waals surface area contributed by atoms with Crippen LogP contribution in [0.2, 0.25) is 0 Å². The van der Waals surface area contributed by atoms with Crippen molar-refractivity contribution in [3.05, 3.63) is 23.3 Å². The maximum Gasteiger partial charge on any atom is 0.163 e. The Balaban J connectivity index is 1.54. The third-order valence-electron chi connectivity index (χ3n) is 9.92. The molecule has 0 spiro atoms. The molecule has 0 aromatic rings. The molecule has 0 heterocycles. The molecule has 0 aliphatic heterocycles. The third-order valence-corrected chi connectivity index (χ3v) is 9.92. The Kier molecular flexibility index (Phi) is 5.85. The topological polar surface area (TPSA) is 77.8 Å². The van der Waals surface area contributed by atoms with Crippen LogP contribution in [0.3, 0.4) is 0 Å². The number of carbonyl (C=O) groups is 1. The molecule has 4 heteroatoms. The van der Waals surface area contributed by atoms with Gasteiger partial charge in [-0.05, 0) is 81.5 Å². The molecule has 0 saturated heterocycles. The molecule has 3 saturated carbocycles. The average Bonchev–Trinajstić information content (AvgIpc) is 3.03. The lowest BCUT2D eigenvalue weighted by Crippen LogP contribution is -2.52. The summed E-state index contributed by atoms with van der Waals surface area (Å²) < 4.78 is 0. The van der Waals surface area contributed by atoms with Gasteiger partial charge in [0.2, 0.25) is 0 Å². The van der Waals surface area contributed by atoms with Crippen molar-refractivity contribution in [3.63, 3.8) is 0 Å². The Labute approximate surface area is 187 Å². The lowest BCUT2D eigenvalue weighted by molar-refractivity contribution is -0.134. The Bertz CT molecular complexity index is 790. The first-order valence-corrected chi connectivity index (χ1v) is 12.4. The van der Waals surface area contributed by atoms with Crippen molar-refractivity contribution in [2.75, 3.05) is 0 Å². The van der Waals surface area contributed by atoms with Crippen LogP contribution in [0, 0.1) is 34.5 Å². The fraction of sp³-hybridized carbons (Fsp3) is 0.815. The molecule has 0 unspecified atom stereocenters. The van der Waals surface area contributed by atoms with Crippen LogP contribution in [-0.4, -0.2) is 38.9 Å². The number of aliphatic hydroxyl groups excluding tert-OH is 2. The van der Waals surface area contributed by atoms with Crippen LogP contribution >= 0.6 is 0 Å². The minimum Gasteiger partial charge on any atom is -0.393 e. The van der Waals surface area contributed by atoms with Crippen LogP contribution in [0.15, 0.2) is 23.3 Å². The van der Waals surface area contributed by atoms with Gasteiger partial charge in [0.15, 0.2) is 5.78 Å². The molecule has 4 aliphatic rings. The van der Waals surface area contributed by atoms with Crippen molar-refractivity contribution >= 4 is 5.78 Å². The van der Waals surface area contributed by atoms with Gasteiger partial charge >= 0.3 is 0 Å². The summed E-state index contributed by atoms with van der Waals surface area (Å²) in [7, 11) is 0. The second kappa shape index (κ2) is 7.81. The Morgan fingerprint density at radius 1 is 1.16 bits per heavy atom. The maximum atomic E-state index is 12.3. The van der Waals surface area contributed by atoms with E-state index in [2.05, 4.69) is 32.9 Å². The monoisotopic (exact) mass is 430 g/mol. The SMILES string of the molecule is C[C@H](CCC(=O)C(C)(C)O)[C@H]1CC[C@H]2C3=CC=C4C[C@@H](O)C[C@H](O)[C@]4(C)[C@H]3CC[C@]12C. The molecule has 3 N–H and O–H groups in total. The number of aliphatic hydroxyl groups is 3. The van der Waals surface area contributed by atoms with Crippen LogP contribution in [0.1, 0.15) is 86.0 Å². The van der Waals surface area contributed by atoms with E-state index < -0.39 is 17.8 Å². The van der Waals surface area contributed by atoms with Crippen LogP contribution in [0.4, 0.5) is 0 Å². The van der Waals surface area contributed by atoms with E-state index in [1.807, 2.05) is 0 Å². The molecule has 0 radical (unpaired) electrons. The molecule has 0 amide bonds. The molecular weight excluding hydrogens is 388 g/mol. The quantitative estimate of drug-likeness (QED) is 0.597. The van der Waals surface area contributed by atoms with Crippen molar-refractivity contribution in [2.24, 2.45) is 34.5 Å². The highest BCUT2D eigenvalue weighted by Gasteiger charge is 2.58. The number of fused-ring (bicyclic) bond motifs is 5. The predicted molar refractivity (Wildman–Crippen MR) is 122 cm³/mol. The van der Waals surface area contributed by atoms with Crippen molar-refractivity contribution < 1.29 is 20.1 Å². The summed E-state index contributed by atoms with van der Waals surface area (Å²) in [6, 6.07) is 0. The zero-order valence-corrected chi connectivity index (χ0v) is 20.0. The minimum absolute atomic E-state index is 0.0585. The molecule has 31 heavy (non-hydrogen) atoms. The molecule has 0 aromatic carbocycles. The number of rotatable bonds is 5. The van der Waals surface area contributed by atoms with Crippen LogP contribution in [0.5, 0.6) is 0 Å². The van der Waals surface area contributed by atoms with Crippen LogP contribution in [-0.2, 0) is 4.79 Å².